The first-order valence-corrected chi connectivity index (χ1v) is 12.4. The summed E-state index contributed by atoms with van der Waals surface area (Å²) < 4.78 is 1.74. The Morgan fingerprint density at radius 2 is 1.64 bits per heavy atom. The van der Waals surface area contributed by atoms with Gasteiger partial charge in [-0.2, -0.15) is 0 Å². The van der Waals surface area contributed by atoms with Crippen molar-refractivity contribution in [3.8, 4) is 5.75 Å². The van der Waals surface area contributed by atoms with Crippen LogP contribution in [0.25, 0.3) is 0 Å². The summed E-state index contributed by atoms with van der Waals surface area (Å²) in [6, 6.07) is 23.9. The third-order valence-electron chi connectivity index (χ3n) is 7.05. The van der Waals surface area contributed by atoms with Crippen molar-refractivity contribution in [2.45, 2.75) is 26.4 Å². The normalized spacial score (nSPS) is 15.1. The third-order valence-corrected chi connectivity index (χ3v) is 7.05. The molecule has 2 aromatic heterocycles. The molecule has 1 N–H and O–H groups in total. The molecule has 3 heterocycles. The monoisotopic (exact) mass is 480 g/mol. The van der Waals surface area contributed by atoms with Crippen LogP contribution in [-0.4, -0.2) is 45.7 Å². The Morgan fingerprint density at radius 1 is 0.917 bits per heavy atom. The highest BCUT2D eigenvalue weighted by Crippen LogP contribution is 2.34. The van der Waals surface area contributed by atoms with E-state index < -0.39 is 0 Å². The number of anilines is 1. The zero-order valence-corrected chi connectivity index (χ0v) is 20.8. The van der Waals surface area contributed by atoms with Gasteiger partial charge in [0.15, 0.2) is 0 Å². The fourth-order valence-electron chi connectivity index (χ4n) is 5.08. The molecule has 0 radical (unpaired) electrons. The third kappa shape index (κ3) is 4.90. The second-order valence-electron chi connectivity index (χ2n) is 9.51. The van der Waals surface area contributed by atoms with E-state index >= 15 is 0 Å². The van der Waals surface area contributed by atoms with Gasteiger partial charge in [-0.15, -0.1) is 0 Å². The molecular weight excluding hydrogens is 448 g/mol. The topological polar surface area (TPSA) is 61.6 Å². The van der Waals surface area contributed by atoms with Crippen molar-refractivity contribution < 1.29 is 5.11 Å². The van der Waals surface area contributed by atoms with Crippen molar-refractivity contribution in [3.63, 3.8) is 0 Å². The molecule has 36 heavy (non-hydrogen) atoms. The summed E-state index contributed by atoms with van der Waals surface area (Å²) in [5.41, 5.74) is 5.32. The molecule has 2 aromatic carbocycles. The van der Waals surface area contributed by atoms with E-state index in [-0.39, 0.29) is 17.4 Å². The smallest absolute Gasteiger partial charge is 0.259 e. The van der Waals surface area contributed by atoms with Crippen molar-refractivity contribution in [2.24, 2.45) is 0 Å². The summed E-state index contributed by atoms with van der Waals surface area (Å²) in [7, 11) is 0. The standard InChI is InChI=1S/C30H32N4O2/c1-22-10-12-25(13-11-22)29(33-17-15-32(16-18-33)26-8-4-3-5-9-26)28-27(35)19-23(2)34(30(28)36)21-24-7-6-14-31-20-24/h3-14,19-20,29,35H,15-18,21H2,1-2H3. The quantitative estimate of drug-likeness (QED) is 0.440. The maximum atomic E-state index is 14.0. The molecule has 1 unspecified atom stereocenters. The molecule has 1 fully saturated rings. The molecular formula is C30H32N4O2. The molecule has 1 aliphatic heterocycles. The highest BCUT2D eigenvalue weighted by molar-refractivity contribution is 5.47. The van der Waals surface area contributed by atoms with Gasteiger partial charge in [-0.3, -0.25) is 14.7 Å². The lowest BCUT2D eigenvalue weighted by atomic mass is 9.95. The lowest BCUT2D eigenvalue weighted by Crippen LogP contribution is -2.49. The maximum Gasteiger partial charge on any atom is 0.259 e. The number of piperazine rings is 1. The molecule has 0 bridgehead atoms. The summed E-state index contributed by atoms with van der Waals surface area (Å²) in [4.78, 5) is 22.9. The van der Waals surface area contributed by atoms with Crippen LogP contribution in [0.2, 0.25) is 0 Å². The van der Waals surface area contributed by atoms with E-state index in [1.54, 1.807) is 23.0 Å². The number of hydrogen-bond acceptors (Lipinski definition) is 5. The van der Waals surface area contributed by atoms with Crippen molar-refractivity contribution in [1.29, 1.82) is 0 Å². The summed E-state index contributed by atoms with van der Waals surface area (Å²) in [5.74, 6) is 0.0519. The molecule has 0 amide bonds. The van der Waals surface area contributed by atoms with Crippen LogP contribution in [0.5, 0.6) is 5.75 Å². The van der Waals surface area contributed by atoms with Crippen LogP contribution in [0.4, 0.5) is 5.69 Å². The van der Waals surface area contributed by atoms with Crippen LogP contribution in [0.3, 0.4) is 0 Å². The minimum atomic E-state index is -0.336. The Hall–Kier alpha value is -3.90. The first-order valence-electron chi connectivity index (χ1n) is 12.4. The van der Waals surface area contributed by atoms with Crippen LogP contribution in [-0.2, 0) is 6.54 Å². The largest absolute Gasteiger partial charge is 0.507 e. The SMILES string of the molecule is Cc1ccc(C(c2c(O)cc(C)n(Cc3cccnc3)c2=O)N2CCN(c3ccccc3)CC2)cc1. The van der Waals surface area contributed by atoms with Crippen molar-refractivity contribution >= 4 is 5.69 Å². The predicted octanol–water partition coefficient (Wildman–Crippen LogP) is 4.53. The van der Waals surface area contributed by atoms with E-state index in [4.69, 9.17) is 0 Å². The van der Waals surface area contributed by atoms with Crippen LogP contribution in [0.15, 0.2) is 90.0 Å². The number of hydrogen-bond donors (Lipinski definition) is 1. The predicted molar refractivity (Wildman–Crippen MR) is 144 cm³/mol. The summed E-state index contributed by atoms with van der Waals surface area (Å²) in [6.07, 6.45) is 3.50. The van der Waals surface area contributed by atoms with Gasteiger partial charge in [0.05, 0.1) is 18.2 Å². The molecule has 6 heteroatoms. The van der Waals surface area contributed by atoms with E-state index in [9.17, 15) is 9.90 Å². The molecule has 4 aromatic rings. The van der Waals surface area contributed by atoms with E-state index in [1.807, 2.05) is 25.1 Å². The zero-order chi connectivity index (χ0) is 25.1. The maximum absolute atomic E-state index is 14.0. The van der Waals surface area contributed by atoms with Gasteiger partial charge in [0.25, 0.3) is 5.56 Å². The minimum absolute atomic E-state index is 0.0519. The van der Waals surface area contributed by atoms with E-state index in [0.717, 1.165) is 48.6 Å². The van der Waals surface area contributed by atoms with Gasteiger partial charge < -0.3 is 14.6 Å². The van der Waals surface area contributed by atoms with Gasteiger partial charge in [-0.05, 0) is 49.2 Å². The van der Waals surface area contributed by atoms with Gasteiger partial charge in [-0.25, -0.2) is 0 Å². The average molecular weight is 481 g/mol. The molecule has 184 valence electrons. The van der Waals surface area contributed by atoms with Crippen molar-refractivity contribution in [2.75, 3.05) is 31.1 Å². The highest BCUT2D eigenvalue weighted by atomic mass is 16.3. The lowest BCUT2D eigenvalue weighted by Gasteiger charge is -2.40. The minimum Gasteiger partial charge on any atom is -0.507 e. The van der Waals surface area contributed by atoms with Crippen molar-refractivity contribution in [3.05, 3.63) is 123 Å². The number of aromatic nitrogens is 2. The number of rotatable bonds is 6. The second kappa shape index (κ2) is 10.4. The molecule has 1 saturated heterocycles. The lowest BCUT2D eigenvalue weighted by molar-refractivity contribution is 0.207. The van der Waals surface area contributed by atoms with Gasteiger partial charge in [0.1, 0.15) is 5.75 Å². The van der Waals surface area contributed by atoms with Crippen LogP contribution in [0, 0.1) is 13.8 Å². The summed E-state index contributed by atoms with van der Waals surface area (Å²) in [6.45, 7) is 7.59. The Labute approximate surface area is 212 Å². The molecule has 1 aliphatic rings. The van der Waals surface area contributed by atoms with Gasteiger partial charge >= 0.3 is 0 Å². The molecule has 5 rings (SSSR count). The molecule has 0 spiro atoms. The Bertz CT molecular complexity index is 1360. The van der Waals surface area contributed by atoms with Gasteiger partial charge in [-0.1, -0.05) is 54.1 Å². The number of pyridine rings is 2. The average Bonchev–Trinajstić information content (AvgIpc) is 2.91. The van der Waals surface area contributed by atoms with Gasteiger partial charge in [0.2, 0.25) is 0 Å². The molecule has 0 aliphatic carbocycles. The van der Waals surface area contributed by atoms with Crippen LogP contribution in [0.1, 0.15) is 34.0 Å². The number of nitrogens with zero attached hydrogens (tertiary/aromatic N) is 4. The number of aromatic hydroxyl groups is 1. The fraction of sp³-hybridized carbons (Fsp3) is 0.267. The van der Waals surface area contributed by atoms with E-state index in [0.29, 0.717) is 12.1 Å². The van der Waals surface area contributed by atoms with Crippen molar-refractivity contribution in [1.82, 2.24) is 14.5 Å². The number of aryl methyl sites for hydroxylation is 2. The van der Waals surface area contributed by atoms with E-state index in [2.05, 4.69) is 70.2 Å². The Morgan fingerprint density at radius 3 is 2.31 bits per heavy atom. The first-order chi connectivity index (χ1) is 17.5. The molecule has 0 saturated carbocycles. The zero-order valence-electron chi connectivity index (χ0n) is 20.8. The Kier molecular flexibility index (Phi) is 6.87. The highest BCUT2D eigenvalue weighted by Gasteiger charge is 2.31. The number of benzene rings is 2. The number of para-hydroxylation sites is 1. The Balaban J connectivity index is 1.53. The summed E-state index contributed by atoms with van der Waals surface area (Å²) in [5, 5.41) is 11.1. The van der Waals surface area contributed by atoms with Crippen LogP contribution < -0.4 is 10.5 Å². The van der Waals surface area contributed by atoms with Crippen LogP contribution >= 0.6 is 0 Å². The molecule has 1 atom stereocenters. The first kappa shape index (κ1) is 23.8. The van der Waals surface area contributed by atoms with Gasteiger partial charge in [0, 0.05) is 50.0 Å². The molecule has 6 nitrogen and oxygen atoms in total. The fourth-order valence-corrected chi connectivity index (χ4v) is 5.08. The summed E-state index contributed by atoms with van der Waals surface area (Å²) >= 11 is 0. The second-order valence-corrected chi connectivity index (χ2v) is 9.51. The van der Waals surface area contributed by atoms with E-state index in [1.165, 1.54) is 5.69 Å².